The molecule has 2 nitrogen and oxygen atoms in total. The van der Waals surface area contributed by atoms with Crippen molar-refractivity contribution in [2.24, 2.45) is 33.7 Å². The molecule has 2 aromatic carbocycles. The van der Waals surface area contributed by atoms with Crippen LogP contribution in [0.1, 0.15) is 77.6 Å². The van der Waals surface area contributed by atoms with E-state index in [1.165, 1.54) is 22.3 Å². The van der Waals surface area contributed by atoms with Gasteiger partial charge in [-0.3, -0.25) is 0 Å². The van der Waals surface area contributed by atoms with E-state index < -0.39 is 0 Å². The summed E-state index contributed by atoms with van der Waals surface area (Å²) in [7, 11) is 0. The van der Waals surface area contributed by atoms with Gasteiger partial charge < -0.3 is 0 Å². The van der Waals surface area contributed by atoms with Crippen molar-refractivity contribution in [3.8, 4) is 0 Å². The molecule has 0 amide bonds. The molecule has 2 heteroatoms. The van der Waals surface area contributed by atoms with Crippen LogP contribution in [0.4, 0.5) is 11.4 Å². The van der Waals surface area contributed by atoms with Crippen molar-refractivity contribution >= 4 is 17.4 Å². The number of hydrogen-bond donors (Lipinski definition) is 0. The first-order chi connectivity index (χ1) is 14.7. The van der Waals surface area contributed by atoms with E-state index in [4.69, 9.17) is 9.98 Å². The lowest BCUT2D eigenvalue weighted by molar-refractivity contribution is 0.637. The monoisotopic (exact) mass is 418 g/mol. The molecule has 0 aliphatic carbocycles. The molecule has 0 atom stereocenters. The second-order valence-corrected chi connectivity index (χ2v) is 10.6. The normalized spacial score (nSPS) is 11.5. The van der Waals surface area contributed by atoms with Crippen molar-refractivity contribution in [3.63, 3.8) is 0 Å². The Hall–Kier alpha value is -2.18. The summed E-state index contributed by atoms with van der Waals surface area (Å²) in [6.07, 6.45) is 4.09. The minimum absolute atomic E-state index is 0.588. The number of rotatable bonds is 10. The van der Waals surface area contributed by atoms with Crippen LogP contribution in [0.5, 0.6) is 0 Å². The van der Waals surface area contributed by atoms with Crippen LogP contribution >= 0.6 is 0 Å². The summed E-state index contributed by atoms with van der Waals surface area (Å²) in [6, 6.07) is 16.3. The van der Waals surface area contributed by atoms with Gasteiger partial charge in [-0.15, -0.1) is 0 Å². The molecule has 0 spiro atoms. The Labute approximate surface area is 190 Å². The minimum Gasteiger partial charge on any atom is -0.187 e. The largest absolute Gasteiger partial charge is 0.187 e. The molecule has 0 N–H and O–H groups in total. The summed E-state index contributed by atoms with van der Waals surface area (Å²) in [5.74, 6) is 2.35. The van der Waals surface area contributed by atoms with E-state index in [9.17, 15) is 0 Å². The highest BCUT2D eigenvalue weighted by atomic mass is 14.8. The Bertz CT molecular complexity index is 769. The van der Waals surface area contributed by atoms with Gasteiger partial charge in [0.15, 0.2) is 0 Å². The molecule has 0 saturated heterocycles. The summed E-state index contributed by atoms with van der Waals surface area (Å²) in [6.45, 7) is 18.1. The lowest BCUT2D eigenvalue weighted by Crippen LogP contribution is -2.00. The lowest BCUT2D eigenvalue weighted by atomic mass is 9.94. The van der Waals surface area contributed by atoms with Crippen molar-refractivity contribution < 1.29 is 0 Å². The fourth-order valence-electron chi connectivity index (χ4n) is 4.12. The second kappa shape index (κ2) is 12.0. The number of hydrogen-bond acceptors (Lipinski definition) is 2. The van der Waals surface area contributed by atoms with E-state index in [2.05, 4.69) is 97.8 Å². The molecule has 0 unspecified atom stereocenters. The van der Waals surface area contributed by atoms with Crippen LogP contribution in [0.2, 0.25) is 0 Å². The van der Waals surface area contributed by atoms with Gasteiger partial charge in [0.05, 0.1) is 11.4 Å². The molecule has 168 valence electrons. The summed E-state index contributed by atoms with van der Waals surface area (Å²) < 4.78 is 0. The summed E-state index contributed by atoms with van der Waals surface area (Å²) in [5.41, 5.74) is 7.34. The fourth-order valence-corrected chi connectivity index (χ4v) is 4.12. The van der Waals surface area contributed by atoms with E-state index in [0.29, 0.717) is 23.7 Å². The van der Waals surface area contributed by atoms with E-state index in [1.807, 2.05) is 0 Å². The molecule has 31 heavy (non-hydrogen) atoms. The number of aliphatic imine (C=N–C) groups is 2. The van der Waals surface area contributed by atoms with Crippen LogP contribution in [0.3, 0.4) is 0 Å². The smallest absolute Gasteiger partial charge is 0.101 e. The SMILES string of the molecule is CC(C)Cc1cccc(CC(C)C)c1N=C=Nc1c(CC(C)C)cccc1CC(C)C. The van der Waals surface area contributed by atoms with Gasteiger partial charge in [-0.05, 0) is 71.6 Å². The molecule has 0 saturated carbocycles. The predicted octanol–water partition coefficient (Wildman–Crippen LogP) is 8.62. The van der Waals surface area contributed by atoms with Crippen LogP contribution in [0, 0.1) is 23.7 Å². The number of para-hydroxylation sites is 2. The van der Waals surface area contributed by atoms with Crippen molar-refractivity contribution in [1.82, 2.24) is 0 Å². The van der Waals surface area contributed by atoms with E-state index in [0.717, 1.165) is 37.1 Å². The predicted molar refractivity (Wildman–Crippen MR) is 136 cm³/mol. The molecule has 0 aromatic heterocycles. The summed E-state index contributed by atoms with van der Waals surface area (Å²) >= 11 is 0. The highest BCUT2D eigenvalue weighted by Gasteiger charge is 2.12. The topological polar surface area (TPSA) is 24.7 Å². The third kappa shape index (κ3) is 8.11. The van der Waals surface area contributed by atoms with Crippen LogP contribution < -0.4 is 0 Å². The third-order valence-corrected chi connectivity index (χ3v) is 5.24. The average Bonchev–Trinajstić information content (AvgIpc) is 2.63. The summed E-state index contributed by atoms with van der Waals surface area (Å²) in [5, 5.41) is 0. The molecule has 0 bridgehead atoms. The van der Waals surface area contributed by atoms with E-state index in [-0.39, 0.29) is 0 Å². The van der Waals surface area contributed by atoms with E-state index in [1.54, 1.807) is 0 Å². The quantitative estimate of drug-likeness (QED) is 0.345. The van der Waals surface area contributed by atoms with Gasteiger partial charge >= 0.3 is 0 Å². The molecular weight excluding hydrogens is 376 g/mol. The maximum Gasteiger partial charge on any atom is 0.101 e. The fraction of sp³-hybridized carbons (Fsp3) is 0.552. The zero-order valence-electron chi connectivity index (χ0n) is 21.0. The highest BCUT2D eigenvalue weighted by molar-refractivity contribution is 5.65. The minimum atomic E-state index is 0.588. The van der Waals surface area contributed by atoms with Crippen molar-refractivity contribution in [2.45, 2.75) is 81.1 Å². The van der Waals surface area contributed by atoms with E-state index >= 15 is 0 Å². The maximum absolute atomic E-state index is 4.83. The Morgan fingerprint density at radius 1 is 0.516 bits per heavy atom. The van der Waals surface area contributed by atoms with Gasteiger partial charge in [-0.25, -0.2) is 0 Å². The summed E-state index contributed by atoms with van der Waals surface area (Å²) in [4.78, 5) is 9.66. The van der Waals surface area contributed by atoms with Gasteiger partial charge in [-0.2, -0.15) is 9.98 Å². The number of benzene rings is 2. The van der Waals surface area contributed by atoms with Crippen LogP contribution in [0.25, 0.3) is 0 Å². The maximum atomic E-state index is 4.83. The molecule has 0 radical (unpaired) electrons. The number of nitrogens with zero attached hydrogens (tertiary/aromatic N) is 2. The Morgan fingerprint density at radius 3 is 1.00 bits per heavy atom. The second-order valence-electron chi connectivity index (χ2n) is 10.6. The molecular formula is C29H42N2. The first-order valence-electron chi connectivity index (χ1n) is 12.0. The molecule has 0 aliphatic heterocycles. The van der Waals surface area contributed by atoms with Crippen molar-refractivity contribution in [1.29, 1.82) is 0 Å². The zero-order chi connectivity index (χ0) is 23.0. The van der Waals surface area contributed by atoms with Gasteiger partial charge in [0.2, 0.25) is 0 Å². The molecule has 0 heterocycles. The molecule has 2 aromatic rings. The molecule has 2 rings (SSSR count). The van der Waals surface area contributed by atoms with Crippen LogP contribution in [-0.4, -0.2) is 6.01 Å². The molecule has 0 fully saturated rings. The zero-order valence-corrected chi connectivity index (χ0v) is 21.0. The van der Waals surface area contributed by atoms with Crippen molar-refractivity contribution in [2.75, 3.05) is 0 Å². The van der Waals surface area contributed by atoms with Gasteiger partial charge in [0, 0.05) is 0 Å². The first kappa shape index (κ1) is 25.1. The van der Waals surface area contributed by atoms with Gasteiger partial charge in [0.1, 0.15) is 6.01 Å². The van der Waals surface area contributed by atoms with Gasteiger partial charge in [0.25, 0.3) is 0 Å². The van der Waals surface area contributed by atoms with Crippen LogP contribution in [0.15, 0.2) is 46.4 Å². The first-order valence-corrected chi connectivity index (χ1v) is 12.0. The van der Waals surface area contributed by atoms with Crippen molar-refractivity contribution in [3.05, 3.63) is 58.7 Å². The molecule has 0 aliphatic rings. The van der Waals surface area contributed by atoms with Crippen LogP contribution in [-0.2, 0) is 25.7 Å². The Balaban J connectivity index is 2.55. The lowest BCUT2D eigenvalue weighted by Gasteiger charge is -2.14. The third-order valence-electron chi connectivity index (χ3n) is 5.24. The Kier molecular flexibility index (Phi) is 9.72. The van der Waals surface area contributed by atoms with Gasteiger partial charge in [-0.1, -0.05) is 91.8 Å². The highest BCUT2D eigenvalue weighted by Crippen LogP contribution is 2.31. The average molecular weight is 419 g/mol. The standard InChI is InChI=1S/C29H42N2/c1-20(2)15-24-11-9-12-25(16-21(3)4)28(24)30-19-31-29-26(17-22(5)6)13-10-14-27(29)18-23(7)8/h9-14,20-23H,15-18H2,1-8H3. The Morgan fingerprint density at radius 2 is 0.774 bits per heavy atom.